The molecule has 0 amide bonds. The lowest BCUT2D eigenvalue weighted by Crippen LogP contribution is -2.28. The van der Waals surface area contributed by atoms with Crippen LogP contribution in [0.15, 0.2) is 0 Å². The average Bonchev–Trinajstić information content (AvgIpc) is 2.27. The maximum atomic E-state index is 11.0. The van der Waals surface area contributed by atoms with Crippen LogP contribution >= 0.6 is 11.6 Å². The van der Waals surface area contributed by atoms with E-state index >= 15 is 0 Å². The molecule has 0 fully saturated rings. The molecule has 0 bridgehead atoms. The summed E-state index contributed by atoms with van der Waals surface area (Å²) in [7, 11) is 1.41. The summed E-state index contributed by atoms with van der Waals surface area (Å²) in [6.07, 6.45) is 0. The Morgan fingerprint density at radius 3 is 2.61 bits per heavy atom. The molecule has 7 nitrogen and oxygen atoms in total. The number of carbonyl (C=O) groups is 1. The molecule has 0 spiro atoms. The second-order valence-corrected chi connectivity index (χ2v) is 4.32. The fraction of sp³-hybridized carbons (Fsp3) is 0.600. The van der Waals surface area contributed by atoms with Crippen molar-refractivity contribution >= 4 is 23.5 Å². The largest absolute Gasteiger partial charge is 0.481 e. The van der Waals surface area contributed by atoms with Crippen molar-refractivity contribution in [1.82, 2.24) is 15.0 Å². The van der Waals surface area contributed by atoms with E-state index < -0.39 is 11.9 Å². The van der Waals surface area contributed by atoms with Crippen LogP contribution in [-0.2, 0) is 4.79 Å². The molecule has 1 unspecified atom stereocenters. The van der Waals surface area contributed by atoms with Crippen LogP contribution in [0.4, 0.5) is 5.95 Å². The Kier molecular flexibility index (Phi) is 5.08. The van der Waals surface area contributed by atoms with Crippen LogP contribution in [0.2, 0.25) is 5.28 Å². The van der Waals surface area contributed by atoms with Gasteiger partial charge in [-0.2, -0.15) is 15.0 Å². The Morgan fingerprint density at radius 2 is 2.11 bits per heavy atom. The van der Waals surface area contributed by atoms with Crippen molar-refractivity contribution in [2.45, 2.75) is 13.8 Å². The zero-order valence-electron chi connectivity index (χ0n) is 10.3. The maximum absolute atomic E-state index is 11.0. The van der Waals surface area contributed by atoms with Gasteiger partial charge in [0, 0.05) is 6.54 Å². The van der Waals surface area contributed by atoms with Crippen LogP contribution in [0, 0.1) is 11.8 Å². The van der Waals surface area contributed by atoms with Crippen LogP contribution < -0.4 is 10.1 Å². The number of nitrogens with one attached hydrogen (secondary N) is 1. The fourth-order valence-corrected chi connectivity index (χ4v) is 1.46. The summed E-state index contributed by atoms with van der Waals surface area (Å²) in [5, 5.41) is 11.8. The second kappa shape index (κ2) is 6.34. The van der Waals surface area contributed by atoms with Crippen LogP contribution in [0.25, 0.3) is 0 Å². The smallest absolute Gasteiger partial charge is 0.322 e. The molecule has 0 saturated heterocycles. The molecule has 8 heteroatoms. The quantitative estimate of drug-likeness (QED) is 0.807. The molecular formula is C10H15ClN4O3. The minimum Gasteiger partial charge on any atom is -0.481 e. The van der Waals surface area contributed by atoms with Gasteiger partial charge in [0.1, 0.15) is 0 Å². The molecule has 1 aromatic rings. The Hall–Kier alpha value is -1.63. The second-order valence-electron chi connectivity index (χ2n) is 3.98. The lowest BCUT2D eigenvalue weighted by Gasteiger charge is -2.16. The zero-order valence-corrected chi connectivity index (χ0v) is 11.1. The molecule has 0 aromatic carbocycles. The van der Waals surface area contributed by atoms with E-state index in [2.05, 4.69) is 20.3 Å². The summed E-state index contributed by atoms with van der Waals surface area (Å²) in [4.78, 5) is 22.5. The third-order valence-electron chi connectivity index (χ3n) is 2.37. The Morgan fingerprint density at radius 1 is 1.44 bits per heavy atom. The zero-order chi connectivity index (χ0) is 13.7. The van der Waals surface area contributed by atoms with Crippen LogP contribution in [0.1, 0.15) is 13.8 Å². The number of nitrogens with zero attached hydrogens (tertiary/aromatic N) is 3. The molecule has 1 aromatic heterocycles. The highest BCUT2D eigenvalue weighted by Crippen LogP contribution is 2.14. The van der Waals surface area contributed by atoms with Gasteiger partial charge in [-0.1, -0.05) is 13.8 Å². The summed E-state index contributed by atoms with van der Waals surface area (Å²) >= 11 is 5.67. The van der Waals surface area contributed by atoms with Gasteiger partial charge in [0.25, 0.3) is 0 Å². The van der Waals surface area contributed by atoms with Crippen molar-refractivity contribution < 1.29 is 14.6 Å². The molecular weight excluding hydrogens is 260 g/mol. The van der Waals surface area contributed by atoms with E-state index in [0.29, 0.717) is 0 Å². The third kappa shape index (κ3) is 3.99. The minimum atomic E-state index is -0.871. The van der Waals surface area contributed by atoms with Gasteiger partial charge in [-0.25, -0.2) is 0 Å². The van der Waals surface area contributed by atoms with Crippen molar-refractivity contribution in [2.75, 3.05) is 19.0 Å². The monoisotopic (exact) mass is 274 g/mol. The molecule has 0 saturated carbocycles. The fourth-order valence-electron chi connectivity index (χ4n) is 1.31. The van der Waals surface area contributed by atoms with E-state index in [4.69, 9.17) is 21.4 Å². The van der Waals surface area contributed by atoms with Crippen LogP contribution in [-0.4, -0.2) is 39.7 Å². The van der Waals surface area contributed by atoms with Gasteiger partial charge in [0.15, 0.2) is 0 Å². The van der Waals surface area contributed by atoms with Crippen LogP contribution in [0.5, 0.6) is 6.01 Å². The summed E-state index contributed by atoms with van der Waals surface area (Å²) in [5.41, 5.74) is 0. The van der Waals surface area contributed by atoms with E-state index in [-0.39, 0.29) is 29.7 Å². The minimum absolute atomic E-state index is 0.00537. The number of methoxy groups -OCH3 is 1. The number of halogens is 1. The van der Waals surface area contributed by atoms with Gasteiger partial charge in [0.2, 0.25) is 11.2 Å². The van der Waals surface area contributed by atoms with E-state index in [9.17, 15) is 4.79 Å². The van der Waals surface area contributed by atoms with E-state index in [1.807, 2.05) is 13.8 Å². The molecule has 0 aliphatic heterocycles. The summed E-state index contributed by atoms with van der Waals surface area (Å²) in [6, 6.07) is 0.0777. The number of hydrogen-bond donors (Lipinski definition) is 2. The van der Waals surface area contributed by atoms with Crippen molar-refractivity contribution in [2.24, 2.45) is 11.8 Å². The highest BCUT2D eigenvalue weighted by Gasteiger charge is 2.21. The first kappa shape index (κ1) is 14.4. The SMILES string of the molecule is COc1nc(Cl)nc(NCC(C(=O)O)C(C)C)n1. The Labute approximate surface area is 110 Å². The lowest BCUT2D eigenvalue weighted by molar-refractivity contribution is -0.142. The third-order valence-corrected chi connectivity index (χ3v) is 2.54. The van der Waals surface area contributed by atoms with E-state index in [0.717, 1.165) is 0 Å². The van der Waals surface area contributed by atoms with Crippen LogP contribution in [0.3, 0.4) is 0 Å². The summed E-state index contributed by atoms with van der Waals surface area (Å²) < 4.78 is 4.83. The molecule has 0 aliphatic carbocycles. The molecule has 1 heterocycles. The molecule has 2 N–H and O–H groups in total. The van der Waals surface area contributed by atoms with Gasteiger partial charge in [-0.3, -0.25) is 4.79 Å². The topological polar surface area (TPSA) is 97.2 Å². The standard InChI is InChI=1S/C10H15ClN4O3/c1-5(2)6(7(16)17)4-12-9-13-8(11)14-10(15-9)18-3/h5-6H,4H2,1-3H3,(H,16,17)(H,12,13,14,15). The van der Waals surface area contributed by atoms with Crippen molar-refractivity contribution in [3.05, 3.63) is 5.28 Å². The van der Waals surface area contributed by atoms with Crippen molar-refractivity contribution in [3.8, 4) is 6.01 Å². The van der Waals surface area contributed by atoms with E-state index in [1.165, 1.54) is 7.11 Å². The highest BCUT2D eigenvalue weighted by atomic mass is 35.5. The number of carboxylic acids is 1. The van der Waals surface area contributed by atoms with Gasteiger partial charge in [-0.15, -0.1) is 0 Å². The number of rotatable bonds is 6. The highest BCUT2D eigenvalue weighted by molar-refractivity contribution is 6.28. The number of hydrogen-bond acceptors (Lipinski definition) is 6. The normalized spacial score (nSPS) is 12.3. The van der Waals surface area contributed by atoms with Crippen molar-refractivity contribution in [3.63, 3.8) is 0 Å². The van der Waals surface area contributed by atoms with Gasteiger partial charge >= 0.3 is 12.0 Å². The number of aromatic nitrogens is 3. The number of ether oxygens (including phenoxy) is 1. The average molecular weight is 275 g/mol. The molecule has 1 rings (SSSR count). The number of carboxylic acid groups (broad SMARTS) is 1. The molecule has 0 radical (unpaired) electrons. The molecule has 1 atom stereocenters. The Bertz CT molecular complexity index is 428. The van der Waals surface area contributed by atoms with Crippen molar-refractivity contribution in [1.29, 1.82) is 0 Å². The maximum Gasteiger partial charge on any atom is 0.322 e. The summed E-state index contributed by atoms with van der Waals surface area (Å²) in [5.74, 6) is -1.22. The first-order valence-corrected chi connectivity index (χ1v) is 5.74. The van der Waals surface area contributed by atoms with Gasteiger partial charge in [-0.05, 0) is 17.5 Å². The first-order chi connectivity index (χ1) is 8.43. The Balaban J connectivity index is 2.73. The molecule has 0 aliphatic rings. The number of anilines is 1. The first-order valence-electron chi connectivity index (χ1n) is 5.36. The predicted octanol–water partition coefficient (Wildman–Crippen LogP) is 1.30. The van der Waals surface area contributed by atoms with E-state index in [1.54, 1.807) is 0 Å². The summed E-state index contributed by atoms with van der Waals surface area (Å²) in [6.45, 7) is 3.87. The number of aliphatic carboxylic acids is 1. The van der Waals surface area contributed by atoms with Gasteiger partial charge in [0.05, 0.1) is 13.0 Å². The van der Waals surface area contributed by atoms with Gasteiger partial charge < -0.3 is 15.2 Å². The lowest BCUT2D eigenvalue weighted by atomic mass is 9.96. The predicted molar refractivity (Wildman–Crippen MR) is 65.8 cm³/mol. The molecule has 18 heavy (non-hydrogen) atoms. The molecule has 100 valence electrons.